The molecule has 0 bridgehead atoms. The second-order valence-corrected chi connectivity index (χ2v) is 9.80. The molecule has 0 aliphatic carbocycles. The van der Waals surface area contributed by atoms with Gasteiger partial charge < -0.3 is 5.32 Å². The Kier molecular flexibility index (Phi) is 5.11. The molecule has 28 heavy (non-hydrogen) atoms. The summed E-state index contributed by atoms with van der Waals surface area (Å²) in [6, 6.07) is 19.7. The van der Waals surface area contributed by atoms with E-state index in [1.807, 2.05) is 66.0 Å². The number of aromatic nitrogens is 2. The van der Waals surface area contributed by atoms with Crippen LogP contribution in [0.25, 0.3) is 21.6 Å². The Balaban J connectivity index is 1.64. The van der Waals surface area contributed by atoms with Gasteiger partial charge in [0.25, 0.3) is 0 Å². The Hall–Kier alpha value is -2.77. The molecule has 1 N–H and O–H groups in total. The van der Waals surface area contributed by atoms with Gasteiger partial charge in [0.05, 0.1) is 16.1 Å². The minimum Gasteiger partial charge on any atom is -0.340 e. The number of para-hydroxylation sites is 1. The zero-order valence-electron chi connectivity index (χ0n) is 15.3. The highest BCUT2D eigenvalue weighted by molar-refractivity contribution is 7.90. The van der Waals surface area contributed by atoms with Gasteiger partial charge in [-0.2, -0.15) is 0 Å². The zero-order chi connectivity index (χ0) is 19.6. The summed E-state index contributed by atoms with van der Waals surface area (Å²) < 4.78 is 22.7. The van der Waals surface area contributed by atoms with Gasteiger partial charge in [0.2, 0.25) is 0 Å². The van der Waals surface area contributed by atoms with Crippen molar-refractivity contribution < 1.29 is 8.42 Å². The summed E-state index contributed by atoms with van der Waals surface area (Å²) in [7, 11) is -2.96. The van der Waals surface area contributed by atoms with Gasteiger partial charge in [-0.05, 0) is 47.7 Å². The average molecular weight is 410 g/mol. The van der Waals surface area contributed by atoms with Crippen molar-refractivity contribution in [2.24, 2.45) is 0 Å². The van der Waals surface area contributed by atoms with Crippen LogP contribution in [0, 0.1) is 0 Å². The number of rotatable bonds is 6. The van der Waals surface area contributed by atoms with Crippen LogP contribution in [0.2, 0.25) is 0 Å². The van der Waals surface area contributed by atoms with Gasteiger partial charge >= 0.3 is 0 Å². The Morgan fingerprint density at radius 2 is 1.75 bits per heavy atom. The number of nitrogens with one attached hydrogen (secondary N) is 1. The van der Waals surface area contributed by atoms with Crippen molar-refractivity contribution in [1.29, 1.82) is 0 Å². The van der Waals surface area contributed by atoms with Crippen LogP contribution < -0.4 is 5.32 Å². The van der Waals surface area contributed by atoms with Crippen molar-refractivity contribution in [2.75, 3.05) is 17.3 Å². The average Bonchev–Trinajstić information content (AvgIpc) is 3.22. The fourth-order valence-electron chi connectivity index (χ4n) is 2.88. The third kappa shape index (κ3) is 4.37. The highest BCUT2D eigenvalue weighted by atomic mass is 32.2. The second-order valence-electron chi connectivity index (χ2n) is 6.59. The topological polar surface area (TPSA) is 72.0 Å². The molecule has 0 spiro atoms. The van der Waals surface area contributed by atoms with Crippen molar-refractivity contribution in [3.05, 3.63) is 71.6 Å². The van der Waals surface area contributed by atoms with E-state index in [0.717, 1.165) is 32.8 Å². The Labute approximate surface area is 168 Å². The van der Waals surface area contributed by atoms with Crippen LogP contribution in [0.1, 0.15) is 5.56 Å². The molecule has 0 aliphatic heterocycles. The smallest absolute Gasteiger partial charge is 0.172 e. The molecule has 0 radical (unpaired) electrons. The third-order valence-corrected chi connectivity index (χ3v) is 6.13. The lowest BCUT2D eigenvalue weighted by Gasteiger charge is -2.11. The molecule has 5 nitrogen and oxygen atoms in total. The van der Waals surface area contributed by atoms with Crippen LogP contribution in [-0.2, 0) is 16.3 Å². The first-order chi connectivity index (χ1) is 13.5. The predicted octanol–water partition coefficient (Wildman–Crippen LogP) is 4.69. The van der Waals surface area contributed by atoms with Gasteiger partial charge in [-0.15, -0.1) is 11.3 Å². The summed E-state index contributed by atoms with van der Waals surface area (Å²) in [5.74, 6) is 1.60. The number of anilines is 2. The molecule has 0 fully saturated rings. The van der Waals surface area contributed by atoms with Crippen LogP contribution in [0.5, 0.6) is 0 Å². The van der Waals surface area contributed by atoms with Crippen molar-refractivity contribution in [3.63, 3.8) is 0 Å². The van der Waals surface area contributed by atoms with Crippen molar-refractivity contribution in [2.45, 2.75) is 6.42 Å². The fraction of sp³-hybridized carbons (Fsp3) is 0.143. The maximum absolute atomic E-state index is 11.3. The number of fused-ring (bicyclic) bond motifs is 1. The molecule has 7 heteroatoms. The third-order valence-electron chi connectivity index (χ3n) is 4.32. The monoisotopic (exact) mass is 409 g/mol. The standard InChI is InChI=1S/C21H19N3O2S2/c1-28(25,26)14-12-15-8-10-16(11-9-15)22-20-17-5-2-3-6-18(17)23-21(24-20)19-7-4-13-27-19/h2-11,13H,12,14H2,1H3,(H,22,23,24). The van der Waals surface area contributed by atoms with Gasteiger partial charge in [-0.1, -0.05) is 30.3 Å². The van der Waals surface area contributed by atoms with E-state index < -0.39 is 9.84 Å². The molecule has 0 amide bonds. The van der Waals surface area contributed by atoms with Crippen LogP contribution in [-0.4, -0.2) is 30.4 Å². The molecular weight excluding hydrogens is 390 g/mol. The summed E-state index contributed by atoms with van der Waals surface area (Å²) in [4.78, 5) is 10.4. The maximum Gasteiger partial charge on any atom is 0.172 e. The quantitative estimate of drug-likeness (QED) is 0.500. The number of nitrogens with zero attached hydrogens (tertiary/aromatic N) is 2. The Morgan fingerprint density at radius 3 is 2.46 bits per heavy atom. The first-order valence-corrected chi connectivity index (χ1v) is 11.8. The summed E-state index contributed by atoms with van der Waals surface area (Å²) in [5.41, 5.74) is 2.76. The van der Waals surface area contributed by atoms with E-state index in [1.165, 1.54) is 6.26 Å². The molecule has 0 atom stereocenters. The number of hydrogen-bond donors (Lipinski definition) is 1. The van der Waals surface area contributed by atoms with Gasteiger partial charge in [0, 0.05) is 17.3 Å². The van der Waals surface area contributed by atoms with Crippen LogP contribution in [0.15, 0.2) is 66.0 Å². The highest BCUT2D eigenvalue weighted by Crippen LogP contribution is 2.29. The van der Waals surface area contributed by atoms with Crippen LogP contribution in [0.4, 0.5) is 11.5 Å². The molecule has 4 rings (SSSR count). The predicted molar refractivity (Wildman–Crippen MR) is 116 cm³/mol. The molecule has 2 heterocycles. The van der Waals surface area contributed by atoms with Crippen molar-refractivity contribution in [1.82, 2.24) is 9.97 Å². The molecule has 2 aromatic heterocycles. The SMILES string of the molecule is CS(=O)(=O)CCc1ccc(Nc2nc(-c3cccs3)nc3ccccc23)cc1. The van der Waals surface area contributed by atoms with E-state index in [4.69, 9.17) is 4.98 Å². The summed E-state index contributed by atoms with van der Waals surface area (Å²) in [6.45, 7) is 0. The Morgan fingerprint density at radius 1 is 0.964 bits per heavy atom. The molecular formula is C21H19N3O2S2. The van der Waals surface area contributed by atoms with Gasteiger partial charge in [0.1, 0.15) is 15.7 Å². The summed E-state index contributed by atoms with van der Waals surface area (Å²) >= 11 is 1.61. The van der Waals surface area contributed by atoms with E-state index in [-0.39, 0.29) is 5.75 Å². The number of benzene rings is 2. The van der Waals surface area contributed by atoms with Gasteiger partial charge in [-0.25, -0.2) is 18.4 Å². The van der Waals surface area contributed by atoms with Crippen molar-refractivity contribution >= 4 is 43.6 Å². The zero-order valence-corrected chi connectivity index (χ0v) is 16.9. The molecule has 142 valence electrons. The molecule has 4 aromatic rings. The molecule has 2 aromatic carbocycles. The molecule has 0 aliphatic rings. The van der Waals surface area contributed by atoms with E-state index in [1.54, 1.807) is 11.3 Å². The minimum absolute atomic E-state index is 0.153. The lowest BCUT2D eigenvalue weighted by Crippen LogP contribution is -2.05. The van der Waals surface area contributed by atoms with Crippen LogP contribution >= 0.6 is 11.3 Å². The maximum atomic E-state index is 11.3. The molecule has 0 unspecified atom stereocenters. The van der Waals surface area contributed by atoms with E-state index in [0.29, 0.717) is 12.2 Å². The van der Waals surface area contributed by atoms with Crippen molar-refractivity contribution in [3.8, 4) is 10.7 Å². The van der Waals surface area contributed by atoms with Gasteiger partial charge in [0.15, 0.2) is 5.82 Å². The number of hydrogen-bond acceptors (Lipinski definition) is 6. The fourth-order valence-corrected chi connectivity index (χ4v) is 4.15. The summed E-state index contributed by atoms with van der Waals surface area (Å²) in [5, 5.41) is 6.34. The van der Waals surface area contributed by atoms with Crippen LogP contribution in [0.3, 0.4) is 0 Å². The number of sulfone groups is 1. The number of thiophene rings is 1. The molecule has 0 saturated carbocycles. The largest absolute Gasteiger partial charge is 0.340 e. The van der Waals surface area contributed by atoms with E-state index in [9.17, 15) is 8.42 Å². The Bertz CT molecular complexity index is 1200. The lowest BCUT2D eigenvalue weighted by atomic mass is 10.1. The number of aryl methyl sites for hydroxylation is 1. The second kappa shape index (κ2) is 7.69. The first kappa shape index (κ1) is 18.6. The summed E-state index contributed by atoms with van der Waals surface area (Å²) in [6.07, 6.45) is 1.77. The highest BCUT2D eigenvalue weighted by Gasteiger charge is 2.10. The lowest BCUT2D eigenvalue weighted by molar-refractivity contribution is 0.601. The van der Waals surface area contributed by atoms with Gasteiger partial charge in [-0.3, -0.25) is 0 Å². The minimum atomic E-state index is -2.96. The molecule has 0 saturated heterocycles. The van der Waals surface area contributed by atoms with E-state index in [2.05, 4.69) is 10.3 Å². The van der Waals surface area contributed by atoms with E-state index >= 15 is 0 Å². The normalized spacial score (nSPS) is 11.6. The first-order valence-electron chi connectivity index (χ1n) is 8.82.